The van der Waals surface area contributed by atoms with Crippen molar-refractivity contribution in [2.45, 2.75) is 11.3 Å². The number of hydrogen-bond donors (Lipinski definition) is 1. The highest BCUT2D eigenvalue weighted by Crippen LogP contribution is 2.22. The fraction of sp³-hybridized carbons (Fsp3) is 0.158. The highest BCUT2D eigenvalue weighted by Gasteiger charge is 2.19. The third-order valence-corrected chi connectivity index (χ3v) is 6.59. The van der Waals surface area contributed by atoms with Gasteiger partial charge in [-0.2, -0.15) is 0 Å². The van der Waals surface area contributed by atoms with Crippen molar-refractivity contribution >= 4 is 32.4 Å². The molecule has 8 heteroatoms. The molecule has 0 bridgehead atoms. The molecule has 1 N–H and O–H groups in total. The van der Waals surface area contributed by atoms with E-state index >= 15 is 0 Å². The van der Waals surface area contributed by atoms with Gasteiger partial charge in [-0.3, -0.25) is 10.1 Å². The van der Waals surface area contributed by atoms with Crippen molar-refractivity contribution in [3.63, 3.8) is 0 Å². The Hall–Kier alpha value is -2.55. The van der Waals surface area contributed by atoms with Crippen molar-refractivity contribution in [1.29, 1.82) is 0 Å². The summed E-state index contributed by atoms with van der Waals surface area (Å²) >= 11 is 1.40. The molecule has 1 heterocycles. The maximum absolute atomic E-state index is 12.5. The minimum Gasteiger partial charge on any atom is -0.298 e. The second-order valence-corrected chi connectivity index (χ2v) is 9.33. The fourth-order valence-corrected chi connectivity index (χ4v) is 4.21. The van der Waals surface area contributed by atoms with Crippen LogP contribution in [-0.2, 0) is 16.4 Å². The van der Waals surface area contributed by atoms with Crippen molar-refractivity contribution in [2.24, 2.45) is 0 Å². The average Bonchev–Trinajstić information content (AvgIpc) is 3.09. The largest absolute Gasteiger partial charge is 0.298 e. The number of nitrogens with one attached hydrogen (secondary N) is 1. The van der Waals surface area contributed by atoms with Gasteiger partial charge in [0.15, 0.2) is 5.13 Å². The van der Waals surface area contributed by atoms with Crippen LogP contribution in [-0.4, -0.2) is 37.7 Å². The second-order valence-electron chi connectivity index (χ2n) is 6.06. The van der Waals surface area contributed by atoms with Gasteiger partial charge in [0.25, 0.3) is 5.91 Å². The maximum Gasteiger partial charge on any atom is 0.257 e. The monoisotopic (exact) mass is 401 g/mol. The molecule has 0 unspecified atom stereocenters. The molecule has 0 radical (unpaired) electrons. The summed E-state index contributed by atoms with van der Waals surface area (Å²) in [5.41, 5.74) is 1.43. The predicted molar refractivity (Wildman–Crippen MR) is 107 cm³/mol. The van der Waals surface area contributed by atoms with Crippen LogP contribution in [0.3, 0.4) is 0 Å². The first-order valence-corrected chi connectivity index (χ1v) is 10.4. The van der Waals surface area contributed by atoms with Crippen LogP contribution in [0.1, 0.15) is 20.8 Å². The third-order valence-electron chi connectivity index (χ3n) is 3.87. The first-order valence-electron chi connectivity index (χ1n) is 8.19. The summed E-state index contributed by atoms with van der Waals surface area (Å²) in [6, 6.07) is 15.9. The minimum atomic E-state index is -3.60. The number of sulfonamides is 1. The number of anilines is 1. The van der Waals surface area contributed by atoms with E-state index in [1.54, 1.807) is 18.3 Å². The van der Waals surface area contributed by atoms with Crippen LogP contribution in [0, 0.1) is 0 Å². The van der Waals surface area contributed by atoms with Crippen LogP contribution in [0.15, 0.2) is 65.7 Å². The molecule has 140 valence electrons. The average molecular weight is 402 g/mol. The summed E-state index contributed by atoms with van der Waals surface area (Å²) in [4.78, 5) is 17.8. The number of rotatable bonds is 6. The Balaban J connectivity index is 1.73. The number of benzene rings is 2. The van der Waals surface area contributed by atoms with Gasteiger partial charge >= 0.3 is 0 Å². The van der Waals surface area contributed by atoms with Gasteiger partial charge in [0.05, 0.1) is 4.90 Å². The van der Waals surface area contributed by atoms with Crippen molar-refractivity contribution in [1.82, 2.24) is 9.29 Å². The van der Waals surface area contributed by atoms with Gasteiger partial charge in [-0.25, -0.2) is 17.7 Å². The topological polar surface area (TPSA) is 79.4 Å². The lowest BCUT2D eigenvalue weighted by atomic mass is 10.1. The zero-order valence-electron chi connectivity index (χ0n) is 14.9. The van der Waals surface area contributed by atoms with Crippen LogP contribution < -0.4 is 5.32 Å². The van der Waals surface area contributed by atoms with E-state index in [-0.39, 0.29) is 10.5 Å². The molecule has 0 saturated heterocycles. The summed E-state index contributed by atoms with van der Waals surface area (Å²) in [5, 5.41) is 3.21. The molecular weight excluding hydrogens is 382 g/mol. The van der Waals surface area contributed by atoms with Crippen molar-refractivity contribution in [3.8, 4) is 0 Å². The number of thiazole rings is 1. The van der Waals surface area contributed by atoms with E-state index in [9.17, 15) is 13.2 Å². The molecule has 6 nitrogen and oxygen atoms in total. The molecule has 2 aromatic carbocycles. The van der Waals surface area contributed by atoms with Crippen LogP contribution in [0.4, 0.5) is 5.13 Å². The molecule has 0 saturated carbocycles. The van der Waals surface area contributed by atoms with Crippen molar-refractivity contribution < 1.29 is 13.2 Å². The van der Waals surface area contributed by atoms with Gasteiger partial charge in [0.1, 0.15) is 0 Å². The molecule has 0 aliphatic carbocycles. The summed E-state index contributed by atoms with van der Waals surface area (Å²) < 4.78 is 25.6. The van der Waals surface area contributed by atoms with E-state index in [0.717, 1.165) is 15.6 Å². The van der Waals surface area contributed by atoms with Crippen LogP contribution >= 0.6 is 11.3 Å². The highest BCUT2D eigenvalue weighted by atomic mass is 32.2. The molecule has 0 aliphatic heterocycles. The van der Waals surface area contributed by atoms with E-state index in [0.29, 0.717) is 5.13 Å². The fourth-order valence-electron chi connectivity index (χ4n) is 2.42. The Bertz CT molecular complexity index is 1040. The van der Waals surface area contributed by atoms with Gasteiger partial charge < -0.3 is 0 Å². The lowest BCUT2D eigenvalue weighted by molar-refractivity contribution is 0.102. The maximum atomic E-state index is 12.5. The second kappa shape index (κ2) is 7.99. The summed E-state index contributed by atoms with van der Waals surface area (Å²) in [7, 11) is -0.695. The normalized spacial score (nSPS) is 11.5. The zero-order chi connectivity index (χ0) is 19.4. The summed E-state index contributed by atoms with van der Waals surface area (Å²) in [6.07, 6.45) is 2.48. The predicted octanol–water partition coefficient (Wildman–Crippen LogP) is 3.24. The molecular formula is C19H19N3O3S2. The zero-order valence-corrected chi connectivity index (χ0v) is 16.5. The number of hydrogen-bond acceptors (Lipinski definition) is 5. The number of nitrogens with zero attached hydrogens (tertiary/aromatic N) is 2. The van der Waals surface area contributed by atoms with Crippen LogP contribution in [0.5, 0.6) is 0 Å². The van der Waals surface area contributed by atoms with Gasteiger partial charge in [-0.15, -0.1) is 11.3 Å². The quantitative estimate of drug-likeness (QED) is 0.688. The number of aromatic nitrogens is 1. The Morgan fingerprint density at radius 2 is 1.85 bits per heavy atom. The Kier molecular flexibility index (Phi) is 5.69. The minimum absolute atomic E-state index is 0.0732. The first kappa shape index (κ1) is 19.2. The van der Waals surface area contributed by atoms with Crippen molar-refractivity contribution in [3.05, 3.63) is 76.8 Å². The van der Waals surface area contributed by atoms with E-state index in [1.807, 2.05) is 30.3 Å². The number of amides is 1. The van der Waals surface area contributed by atoms with E-state index in [2.05, 4.69) is 10.3 Å². The molecule has 3 rings (SSSR count). The molecule has 0 spiro atoms. The molecule has 1 aromatic heterocycles. The van der Waals surface area contributed by atoms with Gasteiger partial charge in [-0.05, 0) is 23.8 Å². The Morgan fingerprint density at radius 3 is 2.56 bits per heavy atom. The van der Waals surface area contributed by atoms with E-state index in [1.165, 1.54) is 43.1 Å². The number of carbonyl (C=O) groups is 1. The molecule has 0 fully saturated rings. The van der Waals surface area contributed by atoms with Crippen LogP contribution in [0.25, 0.3) is 0 Å². The van der Waals surface area contributed by atoms with Gasteiger partial charge in [0.2, 0.25) is 10.0 Å². The molecule has 0 aliphatic rings. The Labute approximate surface area is 162 Å². The molecule has 0 atom stereocenters. The standard InChI is InChI=1S/C19H19N3O3S2/c1-22(2)27(24,25)17-10-6-9-15(12-17)18(23)21-19-20-13-16(26-19)11-14-7-4-3-5-8-14/h3-10,12-13H,11H2,1-2H3,(H,20,21,23). The third kappa shape index (κ3) is 4.60. The highest BCUT2D eigenvalue weighted by molar-refractivity contribution is 7.89. The van der Waals surface area contributed by atoms with Gasteiger partial charge in [-0.1, -0.05) is 36.4 Å². The molecule has 1 amide bonds. The van der Waals surface area contributed by atoms with Crippen LogP contribution in [0.2, 0.25) is 0 Å². The molecule has 27 heavy (non-hydrogen) atoms. The van der Waals surface area contributed by atoms with E-state index < -0.39 is 15.9 Å². The van der Waals surface area contributed by atoms with Crippen molar-refractivity contribution in [2.75, 3.05) is 19.4 Å². The molecule has 3 aromatic rings. The van der Waals surface area contributed by atoms with Gasteiger partial charge in [0, 0.05) is 37.2 Å². The summed E-state index contributed by atoms with van der Waals surface area (Å²) in [6.45, 7) is 0. The SMILES string of the molecule is CN(C)S(=O)(=O)c1cccc(C(=O)Nc2ncc(Cc3ccccc3)s2)c1. The first-order chi connectivity index (χ1) is 12.9. The van der Waals surface area contributed by atoms with E-state index in [4.69, 9.17) is 0 Å². The Morgan fingerprint density at radius 1 is 1.11 bits per heavy atom. The number of carbonyl (C=O) groups excluding carboxylic acids is 1. The lowest BCUT2D eigenvalue weighted by Gasteiger charge is -2.12. The lowest BCUT2D eigenvalue weighted by Crippen LogP contribution is -2.22. The summed E-state index contributed by atoms with van der Waals surface area (Å²) in [5.74, 6) is -0.397. The smallest absolute Gasteiger partial charge is 0.257 e.